The van der Waals surface area contributed by atoms with Gasteiger partial charge in [0.25, 0.3) is 5.91 Å². The molecule has 0 saturated heterocycles. The van der Waals surface area contributed by atoms with E-state index < -0.39 is 0 Å². The number of rotatable bonds is 4. The van der Waals surface area contributed by atoms with Gasteiger partial charge in [0.2, 0.25) is 0 Å². The highest BCUT2D eigenvalue weighted by molar-refractivity contribution is 7.98. The van der Waals surface area contributed by atoms with Crippen molar-refractivity contribution in [3.8, 4) is 0 Å². The number of carbonyl (C=O) groups is 1. The maximum absolute atomic E-state index is 12.1. The fraction of sp³-hybridized carbons (Fsp3) is 0.0667. The van der Waals surface area contributed by atoms with Gasteiger partial charge >= 0.3 is 0 Å². The van der Waals surface area contributed by atoms with Crippen LogP contribution in [0.1, 0.15) is 15.9 Å². The van der Waals surface area contributed by atoms with Gasteiger partial charge in [-0.2, -0.15) is 0 Å². The summed E-state index contributed by atoms with van der Waals surface area (Å²) in [7, 11) is 0. The maximum Gasteiger partial charge on any atom is 0.255 e. The summed E-state index contributed by atoms with van der Waals surface area (Å²) in [6, 6.07) is 14.1. The van der Waals surface area contributed by atoms with Crippen molar-refractivity contribution in [3.05, 3.63) is 59.7 Å². The van der Waals surface area contributed by atoms with Gasteiger partial charge < -0.3 is 16.3 Å². The van der Waals surface area contributed by atoms with E-state index in [1.807, 2.05) is 30.5 Å². The first-order chi connectivity index (χ1) is 10.1. The van der Waals surface area contributed by atoms with E-state index in [2.05, 4.69) is 10.5 Å². The minimum atomic E-state index is -0.209. The summed E-state index contributed by atoms with van der Waals surface area (Å²) < 4.78 is 0. The predicted molar refractivity (Wildman–Crippen MR) is 85.1 cm³/mol. The van der Waals surface area contributed by atoms with Crippen LogP contribution >= 0.6 is 11.8 Å². The van der Waals surface area contributed by atoms with Crippen LogP contribution in [0.25, 0.3) is 0 Å². The van der Waals surface area contributed by atoms with E-state index in [4.69, 9.17) is 10.9 Å². The summed E-state index contributed by atoms with van der Waals surface area (Å²) in [5.41, 5.74) is 7.27. The molecule has 0 aliphatic heterocycles. The SMILES string of the molecule is CSc1cccc(NC(=O)c2ccc(/C(N)=N/O)cc2)c1. The number of nitrogens with zero attached hydrogens (tertiary/aromatic N) is 1. The molecule has 0 fully saturated rings. The van der Waals surface area contributed by atoms with E-state index in [0.29, 0.717) is 11.1 Å². The van der Waals surface area contributed by atoms with Crippen molar-refractivity contribution in [2.75, 3.05) is 11.6 Å². The Hall–Kier alpha value is -2.47. The van der Waals surface area contributed by atoms with Gasteiger partial charge in [-0.3, -0.25) is 4.79 Å². The molecular weight excluding hydrogens is 286 g/mol. The number of oxime groups is 1. The Balaban J connectivity index is 2.13. The van der Waals surface area contributed by atoms with Crippen molar-refractivity contribution in [3.63, 3.8) is 0 Å². The zero-order valence-electron chi connectivity index (χ0n) is 11.4. The normalized spacial score (nSPS) is 11.2. The first kappa shape index (κ1) is 14.9. The summed E-state index contributed by atoms with van der Waals surface area (Å²) in [6.45, 7) is 0. The fourth-order valence-corrected chi connectivity index (χ4v) is 2.21. The van der Waals surface area contributed by atoms with Crippen molar-refractivity contribution >= 4 is 29.2 Å². The second-order valence-electron chi connectivity index (χ2n) is 4.25. The molecule has 108 valence electrons. The average Bonchev–Trinajstić information content (AvgIpc) is 2.54. The van der Waals surface area contributed by atoms with E-state index in [-0.39, 0.29) is 11.7 Å². The fourth-order valence-electron chi connectivity index (χ4n) is 1.75. The molecule has 4 N–H and O–H groups in total. The summed E-state index contributed by atoms with van der Waals surface area (Å²) >= 11 is 1.61. The molecule has 2 aromatic rings. The molecule has 1 amide bonds. The monoisotopic (exact) mass is 301 g/mol. The quantitative estimate of drug-likeness (QED) is 0.266. The number of thioether (sulfide) groups is 1. The summed E-state index contributed by atoms with van der Waals surface area (Å²) in [5.74, 6) is -0.200. The number of amidine groups is 1. The van der Waals surface area contributed by atoms with Crippen molar-refractivity contribution in [2.45, 2.75) is 4.90 Å². The largest absolute Gasteiger partial charge is 0.409 e. The zero-order chi connectivity index (χ0) is 15.2. The topological polar surface area (TPSA) is 87.7 Å². The van der Waals surface area contributed by atoms with Gasteiger partial charge in [0, 0.05) is 21.7 Å². The Kier molecular flexibility index (Phi) is 4.84. The third kappa shape index (κ3) is 3.76. The van der Waals surface area contributed by atoms with Crippen molar-refractivity contribution in [1.29, 1.82) is 0 Å². The van der Waals surface area contributed by atoms with Crippen molar-refractivity contribution in [2.24, 2.45) is 10.9 Å². The van der Waals surface area contributed by atoms with E-state index in [9.17, 15) is 4.79 Å². The van der Waals surface area contributed by atoms with Gasteiger partial charge in [-0.25, -0.2) is 0 Å². The van der Waals surface area contributed by atoms with E-state index in [1.54, 1.807) is 36.0 Å². The highest BCUT2D eigenvalue weighted by atomic mass is 32.2. The van der Waals surface area contributed by atoms with Gasteiger partial charge in [-0.15, -0.1) is 11.8 Å². The van der Waals surface area contributed by atoms with Crippen LogP contribution in [0.3, 0.4) is 0 Å². The minimum absolute atomic E-state index is 0.00892. The molecule has 0 aromatic heterocycles. The van der Waals surface area contributed by atoms with Crippen LogP contribution in [0, 0.1) is 0 Å². The van der Waals surface area contributed by atoms with Gasteiger partial charge in [0.05, 0.1) is 0 Å². The second kappa shape index (κ2) is 6.81. The van der Waals surface area contributed by atoms with Crippen LogP contribution in [-0.2, 0) is 0 Å². The van der Waals surface area contributed by atoms with Gasteiger partial charge in [0.15, 0.2) is 5.84 Å². The maximum atomic E-state index is 12.1. The number of hydrogen-bond acceptors (Lipinski definition) is 4. The standard InChI is InChI=1S/C15H15N3O2S/c1-21-13-4-2-3-12(9-13)17-15(19)11-7-5-10(6-8-11)14(16)18-20/h2-9,20H,1H3,(H2,16,18)(H,17,19). The minimum Gasteiger partial charge on any atom is -0.409 e. The number of amides is 1. The highest BCUT2D eigenvalue weighted by Crippen LogP contribution is 2.19. The molecule has 0 bridgehead atoms. The van der Waals surface area contributed by atoms with Gasteiger partial charge in [-0.1, -0.05) is 23.4 Å². The second-order valence-corrected chi connectivity index (χ2v) is 5.13. The Labute approximate surface area is 126 Å². The molecule has 2 aromatic carbocycles. The molecule has 6 heteroatoms. The van der Waals surface area contributed by atoms with Crippen LogP contribution < -0.4 is 11.1 Å². The third-order valence-electron chi connectivity index (χ3n) is 2.88. The molecule has 0 unspecified atom stereocenters. The van der Waals surface area contributed by atoms with Crippen molar-refractivity contribution in [1.82, 2.24) is 0 Å². The molecule has 0 radical (unpaired) electrons. The lowest BCUT2D eigenvalue weighted by Gasteiger charge is -2.07. The lowest BCUT2D eigenvalue weighted by molar-refractivity contribution is 0.102. The molecule has 5 nitrogen and oxygen atoms in total. The number of nitrogens with one attached hydrogen (secondary N) is 1. The first-order valence-corrected chi connectivity index (χ1v) is 7.40. The molecule has 21 heavy (non-hydrogen) atoms. The Morgan fingerprint density at radius 3 is 2.48 bits per heavy atom. The lowest BCUT2D eigenvalue weighted by Crippen LogP contribution is -2.15. The van der Waals surface area contributed by atoms with E-state index in [1.165, 1.54) is 0 Å². The molecule has 0 atom stereocenters. The molecule has 0 heterocycles. The number of carbonyl (C=O) groups excluding carboxylic acids is 1. The summed E-state index contributed by atoms with van der Waals surface area (Å²) in [6.07, 6.45) is 1.98. The Bertz CT molecular complexity index is 669. The Morgan fingerprint density at radius 2 is 1.86 bits per heavy atom. The molecule has 0 saturated carbocycles. The molecular formula is C15H15N3O2S. The lowest BCUT2D eigenvalue weighted by atomic mass is 10.1. The number of hydrogen-bond donors (Lipinski definition) is 3. The van der Waals surface area contributed by atoms with Gasteiger partial charge in [0.1, 0.15) is 0 Å². The van der Waals surface area contributed by atoms with Crippen LogP contribution in [0.15, 0.2) is 58.6 Å². The molecule has 0 aliphatic rings. The van der Waals surface area contributed by atoms with Crippen LogP contribution in [0.2, 0.25) is 0 Å². The first-order valence-electron chi connectivity index (χ1n) is 6.17. The van der Waals surface area contributed by atoms with Crippen LogP contribution in [0.4, 0.5) is 5.69 Å². The summed E-state index contributed by atoms with van der Waals surface area (Å²) in [4.78, 5) is 13.2. The highest BCUT2D eigenvalue weighted by Gasteiger charge is 2.07. The molecule has 0 spiro atoms. The van der Waals surface area contributed by atoms with Crippen molar-refractivity contribution < 1.29 is 10.0 Å². The number of nitrogens with two attached hydrogens (primary N) is 1. The predicted octanol–water partition coefficient (Wildman–Crippen LogP) is 2.76. The number of anilines is 1. The number of benzene rings is 2. The van der Waals surface area contributed by atoms with Gasteiger partial charge in [-0.05, 0) is 36.6 Å². The smallest absolute Gasteiger partial charge is 0.255 e. The van der Waals surface area contributed by atoms with Crippen LogP contribution in [0.5, 0.6) is 0 Å². The third-order valence-corrected chi connectivity index (χ3v) is 3.60. The van der Waals surface area contributed by atoms with Crippen LogP contribution in [-0.4, -0.2) is 23.2 Å². The zero-order valence-corrected chi connectivity index (χ0v) is 12.2. The van der Waals surface area contributed by atoms with E-state index in [0.717, 1.165) is 10.6 Å². The van der Waals surface area contributed by atoms with E-state index >= 15 is 0 Å². The Morgan fingerprint density at radius 1 is 1.19 bits per heavy atom. The molecule has 2 rings (SSSR count). The summed E-state index contributed by atoms with van der Waals surface area (Å²) in [5, 5.41) is 14.3. The average molecular weight is 301 g/mol. The molecule has 0 aliphatic carbocycles.